The smallest absolute Gasteiger partial charge is 0.237 e. The number of benzene rings is 1. The number of aliphatic imine (C=N–C) groups is 1. The first kappa shape index (κ1) is 18.3. The molecule has 0 radical (unpaired) electrons. The number of nitrogens with zero attached hydrogens (tertiary/aromatic N) is 2. The number of hydrogen-bond acceptors (Lipinski definition) is 4. The summed E-state index contributed by atoms with van der Waals surface area (Å²) in [5.41, 5.74) is 2.26. The Morgan fingerprint density at radius 3 is 2.39 bits per heavy atom. The molecular weight excluding hydrogens is 518 g/mol. The zero-order chi connectivity index (χ0) is 17.1. The first-order chi connectivity index (χ1) is 10.8. The molecule has 4 nitrogen and oxygen atoms in total. The van der Waals surface area contributed by atoms with Crippen LogP contribution >= 0.6 is 45.2 Å². The van der Waals surface area contributed by atoms with Crippen molar-refractivity contribution in [3.63, 3.8) is 0 Å². The van der Waals surface area contributed by atoms with Crippen molar-refractivity contribution in [2.24, 2.45) is 4.99 Å². The van der Waals surface area contributed by atoms with Crippen LogP contribution in [0.15, 0.2) is 21.5 Å². The van der Waals surface area contributed by atoms with Crippen LogP contribution in [0.5, 0.6) is 5.75 Å². The lowest BCUT2D eigenvalue weighted by molar-refractivity contribution is 0.239. The van der Waals surface area contributed by atoms with Crippen LogP contribution in [0.4, 0.5) is 5.88 Å². The van der Waals surface area contributed by atoms with Crippen LogP contribution in [0.25, 0.3) is 0 Å². The van der Waals surface area contributed by atoms with E-state index in [1.54, 1.807) is 6.21 Å². The van der Waals surface area contributed by atoms with Crippen molar-refractivity contribution in [2.45, 2.75) is 33.8 Å². The molecule has 0 spiro atoms. The molecule has 0 saturated carbocycles. The van der Waals surface area contributed by atoms with Gasteiger partial charge in [0.2, 0.25) is 5.88 Å². The molecule has 0 unspecified atom stereocenters. The van der Waals surface area contributed by atoms with E-state index >= 15 is 0 Å². The van der Waals surface area contributed by atoms with E-state index in [-0.39, 0.29) is 6.10 Å². The van der Waals surface area contributed by atoms with E-state index < -0.39 is 0 Å². The highest BCUT2D eigenvalue weighted by Gasteiger charge is 2.13. The Balaban J connectivity index is 2.35. The fourth-order valence-electron chi connectivity index (χ4n) is 1.97. The first-order valence-electron chi connectivity index (χ1n) is 7.03. The zero-order valence-electron chi connectivity index (χ0n) is 13.3. The molecule has 0 aliphatic rings. The number of aryl methyl sites for hydroxylation is 1. The van der Waals surface area contributed by atoms with Gasteiger partial charge in [-0.25, -0.2) is 4.99 Å². The first-order valence-corrected chi connectivity index (χ1v) is 9.19. The fourth-order valence-corrected chi connectivity index (χ4v) is 4.04. The highest BCUT2D eigenvalue weighted by atomic mass is 127. The second-order valence-corrected chi connectivity index (χ2v) is 7.64. The number of rotatable bonds is 4. The fraction of sp³-hybridized carbons (Fsp3) is 0.294. The molecule has 120 valence electrons. The predicted octanol–water partition coefficient (Wildman–Crippen LogP) is 5.52. The molecule has 0 saturated heterocycles. The summed E-state index contributed by atoms with van der Waals surface area (Å²) in [5, 5.41) is 9.22. The van der Waals surface area contributed by atoms with Gasteiger partial charge in [0.15, 0.2) is 0 Å². The number of nitriles is 1. The van der Waals surface area contributed by atoms with E-state index in [9.17, 15) is 5.26 Å². The van der Waals surface area contributed by atoms with Crippen molar-refractivity contribution in [1.29, 1.82) is 5.26 Å². The highest BCUT2D eigenvalue weighted by molar-refractivity contribution is 14.1. The van der Waals surface area contributed by atoms with Gasteiger partial charge in [-0.05, 0) is 90.6 Å². The molecule has 1 heterocycles. The standard InChI is InChI=1S/C17H16I2N2O2/c1-9(2)22-16-14(18)5-12(6-15(16)19)8-21-17-13(7-20)10(3)11(4)23-17/h5-6,8-9H,1-4H3. The number of hydrogen-bond donors (Lipinski definition) is 0. The van der Waals surface area contributed by atoms with Crippen molar-refractivity contribution < 1.29 is 9.15 Å². The van der Waals surface area contributed by atoms with Gasteiger partial charge in [-0.3, -0.25) is 0 Å². The van der Waals surface area contributed by atoms with Crippen LogP contribution in [0.3, 0.4) is 0 Å². The molecule has 0 amide bonds. The van der Waals surface area contributed by atoms with Crippen LogP contribution in [-0.2, 0) is 0 Å². The van der Waals surface area contributed by atoms with Gasteiger partial charge in [0.25, 0.3) is 0 Å². The van der Waals surface area contributed by atoms with E-state index in [0.29, 0.717) is 11.4 Å². The Hall–Kier alpha value is -1.08. The SMILES string of the molecule is Cc1oc(N=Cc2cc(I)c(OC(C)C)c(I)c2)c(C#N)c1C. The predicted molar refractivity (Wildman–Crippen MR) is 108 cm³/mol. The average molecular weight is 534 g/mol. The second kappa shape index (κ2) is 7.66. The molecule has 2 aromatic rings. The molecule has 0 fully saturated rings. The summed E-state index contributed by atoms with van der Waals surface area (Å²) in [6.45, 7) is 7.71. The van der Waals surface area contributed by atoms with Gasteiger partial charge in [-0.15, -0.1) is 0 Å². The Labute approximate surface area is 163 Å². The van der Waals surface area contributed by atoms with Crippen molar-refractivity contribution in [2.75, 3.05) is 0 Å². The van der Waals surface area contributed by atoms with Gasteiger partial charge in [0, 0.05) is 11.8 Å². The lowest BCUT2D eigenvalue weighted by Crippen LogP contribution is -2.08. The largest absolute Gasteiger partial charge is 0.489 e. The van der Waals surface area contributed by atoms with Crippen molar-refractivity contribution in [3.8, 4) is 11.8 Å². The highest BCUT2D eigenvalue weighted by Crippen LogP contribution is 2.31. The molecule has 0 atom stereocenters. The third kappa shape index (κ3) is 4.26. The van der Waals surface area contributed by atoms with Gasteiger partial charge in [-0.1, -0.05) is 0 Å². The van der Waals surface area contributed by atoms with Crippen LogP contribution < -0.4 is 4.74 Å². The average Bonchev–Trinajstić information content (AvgIpc) is 2.75. The molecule has 23 heavy (non-hydrogen) atoms. The van der Waals surface area contributed by atoms with Crippen LogP contribution in [0.1, 0.15) is 36.3 Å². The van der Waals surface area contributed by atoms with E-state index in [4.69, 9.17) is 9.15 Å². The maximum absolute atomic E-state index is 9.22. The number of ether oxygens (including phenoxy) is 1. The van der Waals surface area contributed by atoms with E-state index in [0.717, 1.165) is 29.8 Å². The maximum Gasteiger partial charge on any atom is 0.237 e. The van der Waals surface area contributed by atoms with Crippen molar-refractivity contribution in [1.82, 2.24) is 0 Å². The van der Waals surface area contributed by atoms with Crippen LogP contribution in [-0.4, -0.2) is 12.3 Å². The Bertz CT molecular complexity index is 779. The summed E-state index contributed by atoms with van der Waals surface area (Å²) < 4.78 is 13.4. The molecule has 0 aliphatic heterocycles. The summed E-state index contributed by atoms with van der Waals surface area (Å²) in [4.78, 5) is 4.34. The zero-order valence-corrected chi connectivity index (χ0v) is 17.6. The van der Waals surface area contributed by atoms with Crippen LogP contribution in [0.2, 0.25) is 0 Å². The minimum atomic E-state index is 0.129. The minimum absolute atomic E-state index is 0.129. The number of halogens is 2. The third-order valence-electron chi connectivity index (χ3n) is 3.18. The lowest BCUT2D eigenvalue weighted by Gasteiger charge is -2.13. The van der Waals surface area contributed by atoms with Crippen molar-refractivity contribution in [3.05, 3.63) is 41.7 Å². The minimum Gasteiger partial charge on any atom is -0.489 e. The quantitative estimate of drug-likeness (QED) is 0.384. The summed E-state index contributed by atoms with van der Waals surface area (Å²) in [6.07, 6.45) is 1.84. The third-order valence-corrected chi connectivity index (χ3v) is 4.79. The summed E-state index contributed by atoms with van der Waals surface area (Å²) in [7, 11) is 0. The van der Waals surface area contributed by atoms with Crippen LogP contribution in [0, 0.1) is 32.3 Å². The van der Waals surface area contributed by atoms with Gasteiger partial charge in [0.1, 0.15) is 23.1 Å². The van der Waals surface area contributed by atoms with Gasteiger partial charge in [0.05, 0.1) is 13.2 Å². The molecule has 0 aliphatic carbocycles. The van der Waals surface area contributed by atoms with E-state index in [2.05, 4.69) is 56.2 Å². The van der Waals surface area contributed by atoms with E-state index in [1.165, 1.54) is 0 Å². The summed E-state index contributed by atoms with van der Waals surface area (Å²) >= 11 is 4.51. The van der Waals surface area contributed by atoms with Crippen molar-refractivity contribution >= 4 is 57.3 Å². The van der Waals surface area contributed by atoms with Gasteiger partial charge in [-0.2, -0.15) is 5.26 Å². The Morgan fingerprint density at radius 2 is 1.87 bits per heavy atom. The maximum atomic E-state index is 9.22. The molecule has 6 heteroatoms. The summed E-state index contributed by atoms with van der Waals surface area (Å²) in [6, 6.07) is 6.14. The lowest BCUT2D eigenvalue weighted by atomic mass is 10.2. The molecule has 0 N–H and O–H groups in total. The molecule has 2 rings (SSSR count). The Kier molecular flexibility index (Phi) is 6.08. The van der Waals surface area contributed by atoms with Gasteiger partial charge < -0.3 is 9.15 Å². The second-order valence-electron chi connectivity index (χ2n) is 5.31. The Morgan fingerprint density at radius 1 is 1.26 bits per heavy atom. The molecule has 0 bridgehead atoms. The molecule has 1 aromatic heterocycles. The summed E-state index contributed by atoms with van der Waals surface area (Å²) in [5.74, 6) is 1.97. The van der Waals surface area contributed by atoms with Gasteiger partial charge >= 0.3 is 0 Å². The topological polar surface area (TPSA) is 58.5 Å². The number of furan rings is 1. The monoisotopic (exact) mass is 534 g/mol. The van der Waals surface area contributed by atoms with E-state index in [1.807, 2.05) is 39.8 Å². The molecule has 1 aromatic carbocycles. The molecular formula is C17H16I2N2O2. The normalized spacial score (nSPS) is 11.2.